The van der Waals surface area contributed by atoms with E-state index in [-0.39, 0.29) is 11.9 Å². The normalized spacial score (nSPS) is 12.6. The summed E-state index contributed by atoms with van der Waals surface area (Å²) < 4.78 is 5.14. The number of aliphatic hydroxyl groups is 1. The van der Waals surface area contributed by atoms with Crippen LogP contribution in [0.15, 0.2) is 28.8 Å². The van der Waals surface area contributed by atoms with E-state index in [0.29, 0.717) is 11.7 Å². The first-order valence-corrected chi connectivity index (χ1v) is 6.84. The molecule has 0 radical (unpaired) electrons. The van der Waals surface area contributed by atoms with Gasteiger partial charge in [-0.05, 0) is 25.0 Å². The predicted octanol–water partition coefficient (Wildman–Crippen LogP) is 2.86. The van der Waals surface area contributed by atoms with Gasteiger partial charge in [0.1, 0.15) is 0 Å². The standard InChI is InChI=1S/C13H16N2O2S/c1-9(13-14-10(2)15-17-13)18-8-12-5-3-11(7-16)4-6-12/h3-6,9,16H,7-8H2,1-2H3. The van der Waals surface area contributed by atoms with Crippen molar-refractivity contribution < 1.29 is 9.63 Å². The lowest BCUT2D eigenvalue weighted by Crippen LogP contribution is -1.91. The third kappa shape index (κ3) is 3.34. The van der Waals surface area contributed by atoms with Gasteiger partial charge in [-0.1, -0.05) is 29.4 Å². The van der Waals surface area contributed by atoms with Gasteiger partial charge in [-0.2, -0.15) is 4.98 Å². The van der Waals surface area contributed by atoms with Crippen LogP contribution in [-0.4, -0.2) is 15.2 Å². The van der Waals surface area contributed by atoms with E-state index in [1.807, 2.05) is 31.2 Å². The molecule has 0 saturated carbocycles. The van der Waals surface area contributed by atoms with Gasteiger partial charge < -0.3 is 9.63 Å². The van der Waals surface area contributed by atoms with Crippen molar-refractivity contribution in [2.24, 2.45) is 0 Å². The Labute approximate surface area is 110 Å². The summed E-state index contributed by atoms with van der Waals surface area (Å²) in [4.78, 5) is 4.22. The second kappa shape index (κ2) is 6.02. The zero-order chi connectivity index (χ0) is 13.0. The molecule has 0 amide bonds. The molecule has 4 nitrogen and oxygen atoms in total. The maximum absolute atomic E-state index is 8.96. The van der Waals surface area contributed by atoms with Crippen molar-refractivity contribution in [2.75, 3.05) is 0 Å². The van der Waals surface area contributed by atoms with E-state index in [1.54, 1.807) is 11.8 Å². The molecular formula is C13H16N2O2S. The van der Waals surface area contributed by atoms with Gasteiger partial charge in [0.2, 0.25) is 5.89 Å². The molecular weight excluding hydrogens is 248 g/mol. The number of benzene rings is 1. The minimum absolute atomic E-state index is 0.0884. The molecule has 1 aromatic carbocycles. The first-order valence-electron chi connectivity index (χ1n) is 5.79. The van der Waals surface area contributed by atoms with Crippen LogP contribution >= 0.6 is 11.8 Å². The molecule has 0 bridgehead atoms. The number of aryl methyl sites for hydroxylation is 1. The van der Waals surface area contributed by atoms with Crippen molar-refractivity contribution in [3.63, 3.8) is 0 Å². The molecule has 18 heavy (non-hydrogen) atoms. The quantitative estimate of drug-likeness (QED) is 0.899. The molecule has 0 fully saturated rings. The highest BCUT2D eigenvalue weighted by Gasteiger charge is 2.13. The van der Waals surface area contributed by atoms with Crippen molar-refractivity contribution in [1.82, 2.24) is 10.1 Å². The van der Waals surface area contributed by atoms with E-state index in [4.69, 9.17) is 9.63 Å². The van der Waals surface area contributed by atoms with Gasteiger partial charge in [0.05, 0.1) is 11.9 Å². The fourth-order valence-corrected chi connectivity index (χ4v) is 2.38. The van der Waals surface area contributed by atoms with Gasteiger partial charge in [0.15, 0.2) is 5.82 Å². The van der Waals surface area contributed by atoms with E-state index in [1.165, 1.54) is 5.56 Å². The lowest BCUT2D eigenvalue weighted by atomic mass is 10.2. The van der Waals surface area contributed by atoms with Crippen LogP contribution < -0.4 is 0 Å². The third-order valence-corrected chi connectivity index (χ3v) is 3.80. The fourth-order valence-electron chi connectivity index (χ4n) is 1.51. The highest BCUT2D eigenvalue weighted by Crippen LogP contribution is 2.29. The summed E-state index contributed by atoms with van der Waals surface area (Å²) in [6.07, 6.45) is 0. The van der Waals surface area contributed by atoms with Crippen molar-refractivity contribution in [3.05, 3.63) is 47.1 Å². The number of hydrogen-bond donors (Lipinski definition) is 1. The van der Waals surface area contributed by atoms with E-state index in [9.17, 15) is 0 Å². The molecule has 0 saturated heterocycles. The van der Waals surface area contributed by atoms with Gasteiger partial charge in [0.25, 0.3) is 0 Å². The summed E-state index contributed by atoms with van der Waals surface area (Å²) in [5, 5.41) is 12.9. The van der Waals surface area contributed by atoms with Crippen LogP contribution in [0.5, 0.6) is 0 Å². The zero-order valence-electron chi connectivity index (χ0n) is 10.5. The minimum Gasteiger partial charge on any atom is -0.392 e. The number of hydrogen-bond acceptors (Lipinski definition) is 5. The minimum atomic E-state index is 0.0884. The van der Waals surface area contributed by atoms with Crippen LogP contribution in [0.4, 0.5) is 0 Å². The predicted molar refractivity (Wildman–Crippen MR) is 71.1 cm³/mol. The number of aromatic nitrogens is 2. The number of thioether (sulfide) groups is 1. The largest absolute Gasteiger partial charge is 0.392 e. The Morgan fingerprint density at radius 1 is 1.28 bits per heavy atom. The molecule has 5 heteroatoms. The molecule has 2 rings (SSSR count). The lowest BCUT2D eigenvalue weighted by molar-refractivity contribution is 0.282. The summed E-state index contributed by atoms with van der Waals surface area (Å²) in [6.45, 7) is 3.96. The summed E-state index contributed by atoms with van der Waals surface area (Å²) in [7, 11) is 0. The van der Waals surface area contributed by atoms with E-state index < -0.39 is 0 Å². The molecule has 0 aliphatic heterocycles. The average molecular weight is 264 g/mol. The Bertz CT molecular complexity index is 496. The monoisotopic (exact) mass is 264 g/mol. The van der Waals surface area contributed by atoms with Crippen LogP contribution in [0.3, 0.4) is 0 Å². The van der Waals surface area contributed by atoms with Crippen LogP contribution in [-0.2, 0) is 12.4 Å². The molecule has 96 valence electrons. The zero-order valence-corrected chi connectivity index (χ0v) is 11.3. The van der Waals surface area contributed by atoms with Gasteiger partial charge in [-0.15, -0.1) is 11.8 Å². The molecule has 1 aromatic heterocycles. The summed E-state index contributed by atoms with van der Waals surface area (Å²) in [5.41, 5.74) is 2.16. The topological polar surface area (TPSA) is 59.2 Å². The van der Waals surface area contributed by atoms with E-state index in [2.05, 4.69) is 17.1 Å². The second-order valence-electron chi connectivity index (χ2n) is 4.11. The number of nitrogens with zero attached hydrogens (tertiary/aromatic N) is 2. The number of aliphatic hydroxyl groups excluding tert-OH is 1. The maximum atomic E-state index is 8.96. The Balaban J connectivity index is 1.90. The summed E-state index contributed by atoms with van der Waals surface area (Å²) >= 11 is 1.75. The highest BCUT2D eigenvalue weighted by molar-refractivity contribution is 7.98. The van der Waals surface area contributed by atoms with Crippen LogP contribution in [0.2, 0.25) is 0 Å². The first-order chi connectivity index (χ1) is 8.69. The molecule has 1 unspecified atom stereocenters. The Hall–Kier alpha value is -1.33. The van der Waals surface area contributed by atoms with Crippen molar-refractivity contribution in [1.29, 1.82) is 0 Å². The molecule has 1 atom stereocenters. The highest BCUT2D eigenvalue weighted by atomic mass is 32.2. The van der Waals surface area contributed by atoms with Crippen LogP contribution in [0, 0.1) is 6.92 Å². The Kier molecular flexibility index (Phi) is 4.38. The van der Waals surface area contributed by atoms with E-state index in [0.717, 1.165) is 11.3 Å². The summed E-state index contributed by atoms with van der Waals surface area (Å²) in [5.74, 6) is 2.23. The van der Waals surface area contributed by atoms with Crippen LogP contribution in [0.1, 0.15) is 35.0 Å². The number of rotatable bonds is 5. The van der Waals surface area contributed by atoms with Gasteiger partial charge in [-0.3, -0.25) is 0 Å². The molecule has 0 spiro atoms. The molecule has 2 aromatic rings. The van der Waals surface area contributed by atoms with E-state index >= 15 is 0 Å². The van der Waals surface area contributed by atoms with Crippen molar-refractivity contribution in [2.45, 2.75) is 31.5 Å². The van der Waals surface area contributed by atoms with Crippen molar-refractivity contribution >= 4 is 11.8 Å². The maximum Gasteiger partial charge on any atom is 0.239 e. The van der Waals surface area contributed by atoms with Crippen LogP contribution in [0.25, 0.3) is 0 Å². The smallest absolute Gasteiger partial charge is 0.239 e. The second-order valence-corrected chi connectivity index (χ2v) is 5.44. The first kappa shape index (κ1) is 13.1. The summed E-state index contributed by atoms with van der Waals surface area (Å²) in [6, 6.07) is 7.95. The SMILES string of the molecule is Cc1noc(C(C)SCc2ccc(CO)cc2)n1. The Morgan fingerprint density at radius 3 is 2.50 bits per heavy atom. The lowest BCUT2D eigenvalue weighted by Gasteiger charge is -2.06. The van der Waals surface area contributed by atoms with Gasteiger partial charge in [0, 0.05) is 5.75 Å². The molecule has 1 N–H and O–H groups in total. The van der Waals surface area contributed by atoms with Gasteiger partial charge in [-0.25, -0.2) is 0 Å². The molecule has 0 aliphatic rings. The third-order valence-electron chi connectivity index (χ3n) is 2.60. The fraction of sp³-hybridized carbons (Fsp3) is 0.385. The van der Waals surface area contributed by atoms with Gasteiger partial charge >= 0.3 is 0 Å². The Morgan fingerprint density at radius 2 is 1.94 bits per heavy atom. The molecule has 1 heterocycles. The molecule has 0 aliphatic carbocycles. The van der Waals surface area contributed by atoms with Crippen molar-refractivity contribution in [3.8, 4) is 0 Å². The average Bonchev–Trinajstić information content (AvgIpc) is 2.83.